The summed E-state index contributed by atoms with van der Waals surface area (Å²) in [5.74, 6) is 0.563. The van der Waals surface area contributed by atoms with E-state index >= 15 is 0 Å². The molecule has 2 aliphatic rings. The fourth-order valence-electron chi connectivity index (χ4n) is 4.14. The maximum atomic E-state index is 12.9. The fraction of sp³-hybridized carbons (Fsp3) is 0.458. The molecule has 2 amide bonds. The van der Waals surface area contributed by atoms with Gasteiger partial charge < -0.3 is 24.8 Å². The lowest BCUT2D eigenvalue weighted by atomic mass is 10.1. The summed E-state index contributed by atoms with van der Waals surface area (Å²) in [6, 6.07) is 11.2. The van der Waals surface area contributed by atoms with Crippen LogP contribution in [-0.4, -0.2) is 81.2 Å². The van der Waals surface area contributed by atoms with E-state index in [9.17, 15) is 9.59 Å². The summed E-state index contributed by atoms with van der Waals surface area (Å²) in [5, 5.41) is 2.98. The van der Waals surface area contributed by atoms with Gasteiger partial charge in [-0.25, -0.2) is 4.98 Å². The predicted molar refractivity (Wildman–Crippen MR) is 124 cm³/mol. The first kappa shape index (κ1) is 22.1. The van der Waals surface area contributed by atoms with Gasteiger partial charge in [-0.3, -0.25) is 9.59 Å². The molecule has 8 nitrogen and oxygen atoms in total. The number of rotatable bonds is 6. The van der Waals surface area contributed by atoms with Crippen molar-refractivity contribution >= 4 is 23.3 Å². The monoisotopic (exact) mass is 437 g/mol. The third kappa shape index (κ3) is 5.02. The van der Waals surface area contributed by atoms with Gasteiger partial charge >= 0.3 is 0 Å². The largest absolute Gasteiger partial charge is 0.378 e. The van der Waals surface area contributed by atoms with E-state index in [1.807, 2.05) is 48.2 Å². The van der Waals surface area contributed by atoms with Crippen molar-refractivity contribution in [3.05, 3.63) is 53.7 Å². The minimum Gasteiger partial charge on any atom is -0.378 e. The third-order valence-corrected chi connectivity index (χ3v) is 6.04. The Hall–Kier alpha value is -3.13. The van der Waals surface area contributed by atoms with Crippen LogP contribution in [0.4, 0.5) is 11.5 Å². The van der Waals surface area contributed by atoms with Crippen LogP contribution in [0.5, 0.6) is 0 Å². The smallest absolute Gasteiger partial charge is 0.255 e. The van der Waals surface area contributed by atoms with Gasteiger partial charge in [0.1, 0.15) is 5.82 Å². The van der Waals surface area contributed by atoms with E-state index in [-0.39, 0.29) is 17.9 Å². The number of benzene rings is 1. The molecule has 32 heavy (non-hydrogen) atoms. The highest BCUT2D eigenvalue weighted by Crippen LogP contribution is 2.21. The summed E-state index contributed by atoms with van der Waals surface area (Å²) < 4.78 is 5.59. The first-order valence-corrected chi connectivity index (χ1v) is 11.2. The SMILES string of the molecule is CN(C)c1ccc(C(=O)N2CCN(c3ncccc3C(=O)NCC3CCCO3)CC2)cc1. The summed E-state index contributed by atoms with van der Waals surface area (Å²) in [6.45, 7) is 3.71. The number of nitrogens with zero attached hydrogens (tertiary/aromatic N) is 4. The number of hydrogen-bond acceptors (Lipinski definition) is 6. The van der Waals surface area contributed by atoms with Crippen LogP contribution in [0, 0.1) is 0 Å². The van der Waals surface area contributed by atoms with E-state index in [4.69, 9.17) is 4.74 Å². The maximum Gasteiger partial charge on any atom is 0.255 e. The number of carbonyl (C=O) groups is 2. The zero-order valence-corrected chi connectivity index (χ0v) is 18.8. The lowest BCUT2D eigenvalue weighted by Crippen LogP contribution is -2.49. The molecule has 0 aliphatic carbocycles. The maximum absolute atomic E-state index is 12.9. The Bertz CT molecular complexity index is 933. The van der Waals surface area contributed by atoms with E-state index in [1.165, 1.54) is 0 Å². The van der Waals surface area contributed by atoms with Crippen molar-refractivity contribution in [2.24, 2.45) is 0 Å². The Morgan fingerprint density at radius 1 is 1.12 bits per heavy atom. The first-order chi connectivity index (χ1) is 15.5. The molecule has 0 radical (unpaired) electrons. The van der Waals surface area contributed by atoms with Gasteiger partial charge in [-0.05, 0) is 49.2 Å². The predicted octanol–water partition coefficient (Wildman–Crippen LogP) is 2.02. The van der Waals surface area contributed by atoms with E-state index in [2.05, 4.69) is 15.2 Å². The van der Waals surface area contributed by atoms with Crippen LogP contribution in [0.2, 0.25) is 0 Å². The molecule has 0 bridgehead atoms. The second-order valence-corrected chi connectivity index (χ2v) is 8.44. The average Bonchev–Trinajstić information content (AvgIpc) is 3.36. The second-order valence-electron chi connectivity index (χ2n) is 8.44. The minimum atomic E-state index is -0.136. The highest BCUT2D eigenvalue weighted by atomic mass is 16.5. The summed E-state index contributed by atoms with van der Waals surface area (Å²) in [6.07, 6.45) is 3.83. The molecule has 2 fully saturated rings. The van der Waals surface area contributed by atoms with Crippen LogP contribution in [0.1, 0.15) is 33.6 Å². The normalized spacial score (nSPS) is 18.5. The molecule has 1 unspecified atom stereocenters. The number of aromatic nitrogens is 1. The minimum absolute atomic E-state index is 0.0329. The third-order valence-electron chi connectivity index (χ3n) is 6.04. The summed E-state index contributed by atoms with van der Waals surface area (Å²) in [4.78, 5) is 36.1. The highest BCUT2D eigenvalue weighted by Gasteiger charge is 2.26. The molecule has 0 spiro atoms. The van der Waals surface area contributed by atoms with Crippen molar-refractivity contribution in [3.63, 3.8) is 0 Å². The molecular formula is C24H31N5O3. The molecule has 2 saturated heterocycles. The molecular weight excluding hydrogens is 406 g/mol. The van der Waals surface area contributed by atoms with Gasteiger partial charge in [0.2, 0.25) is 0 Å². The van der Waals surface area contributed by atoms with Crippen molar-refractivity contribution in [1.82, 2.24) is 15.2 Å². The molecule has 1 atom stereocenters. The molecule has 1 N–H and O–H groups in total. The number of nitrogens with one attached hydrogen (secondary N) is 1. The number of amides is 2. The molecule has 3 heterocycles. The molecule has 2 aromatic rings. The highest BCUT2D eigenvalue weighted by molar-refractivity contribution is 5.99. The number of ether oxygens (including phenoxy) is 1. The van der Waals surface area contributed by atoms with Crippen LogP contribution in [0.3, 0.4) is 0 Å². The van der Waals surface area contributed by atoms with Crippen molar-refractivity contribution < 1.29 is 14.3 Å². The summed E-state index contributed by atoms with van der Waals surface area (Å²) in [5.41, 5.74) is 2.31. The summed E-state index contributed by atoms with van der Waals surface area (Å²) >= 11 is 0. The molecule has 8 heteroatoms. The van der Waals surface area contributed by atoms with E-state index < -0.39 is 0 Å². The number of carbonyl (C=O) groups excluding carboxylic acids is 2. The standard InChI is InChI=1S/C24H31N5O3/c1-27(2)19-9-7-18(8-10-19)24(31)29-14-12-28(13-15-29)22-21(6-3-11-25-22)23(30)26-17-20-5-4-16-32-20/h3,6-11,20H,4-5,12-17H2,1-2H3,(H,26,30). The van der Waals surface area contributed by atoms with Gasteiger partial charge in [0.25, 0.3) is 11.8 Å². The zero-order chi connectivity index (χ0) is 22.5. The van der Waals surface area contributed by atoms with Crippen LogP contribution in [-0.2, 0) is 4.74 Å². The fourth-order valence-corrected chi connectivity index (χ4v) is 4.14. The van der Waals surface area contributed by atoms with Crippen molar-refractivity contribution in [2.45, 2.75) is 18.9 Å². The van der Waals surface area contributed by atoms with Gasteiger partial charge in [-0.15, -0.1) is 0 Å². The number of pyridine rings is 1. The van der Waals surface area contributed by atoms with Crippen LogP contribution >= 0.6 is 0 Å². The van der Waals surface area contributed by atoms with Gasteiger partial charge in [-0.2, -0.15) is 0 Å². The lowest BCUT2D eigenvalue weighted by molar-refractivity contribution is 0.0745. The Balaban J connectivity index is 1.36. The van der Waals surface area contributed by atoms with Crippen molar-refractivity contribution in [2.75, 3.05) is 63.2 Å². The molecule has 4 rings (SSSR count). The van der Waals surface area contributed by atoms with Crippen molar-refractivity contribution in [3.8, 4) is 0 Å². The second kappa shape index (κ2) is 9.99. The Labute approximate surface area is 189 Å². The Morgan fingerprint density at radius 3 is 2.53 bits per heavy atom. The molecule has 0 saturated carbocycles. The van der Waals surface area contributed by atoms with E-state index in [0.717, 1.165) is 25.1 Å². The number of hydrogen-bond donors (Lipinski definition) is 1. The van der Waals surface area contributed by atoms with Crippen LogP contribution in [0.25, 0.3) is 0 Å². The van der Waals surface area contributed by atoms with Crippen LogP contribution < -0.4 is 15.1 Å². The van der Waals surface area contributed by atoms with Crippen LogP contribution in [0.15, 0.2) is 42.6 Å². The lowest BCUT2D eigenvalue weighted by Gasteiger charge is -2.36. The summed E-state index contributed by atoms with van der Waals surface area (Å²) in [7, 11) is 3.95. The topological polar surface area (TPSA) is 78.0 Å². The van der Waals surface area contributed by atoms with Gasteiger partial charge in [0, 0.05) is 70.9 Å². The van der Waals surface area contributed by atoms with E-state index in [0.29, 0.717) is 49.7 Å². The van der Waals surface area contributed by atoms with Gasteiger partial charge in [-0.1, -0.05) is 0 Å². The number of anilines is 2. The molecule has 1 aromatic carbocycles. The van der Waals surface area contributed by atoms with Gasteiger partial charge in [0.15, 0.2) is 0 Å². The quantitative estimate of drug-likeness (QED) is 0.745. The van der Waals surface area contributed by atoms with Crippen molar-refractivity contribution in [1.29, 1.82) is 0 Å². The van der Waals surface area contributed by atoms with Gasteiger partial charge in [0.05, 0.1) is 11.7 Å². The average molecular weight is 438 g/mol. The van der Waals surface area contributed by atoms with E-state index in [1.54, 1.807) is 18.3 Å². The Kier molecular flexibility index (Phi) is 6.90. The number of piperazine rings is 1. The molecule has 170 valence electrons. The molecule has 1 aromatic heterocycles. The molecule has 2 aliphatic heterocycles. The Morgan fingerprint density at radius 2 is 1.88 bits per heavy atom. The zero-order valence-electron chi connectivity index (χ0n) is 18.8. The first-order valence-electron chi connectivity index (χ1n) is 11.2.